The second-order valence-corrected chi connectivity index (χ2v) is 9.34. The minimum Gasteiger partial charge on any atom is -0.213 e. The fraction of sp³-hybridized carbons (Fsp3) is 0.346. The van der Waals surface area contributed by atoms with Gasteiger partial charge in [0.1, 0.15) is 11.7 Å². The lowest BCUT2D eigenvalue weighted by Crippen LogP contribution is -2.32. The van der Waals surface area contributed by atoms with Crippen molar-refractivity contribution in [3.05, 3.63) is 65.6 Å². The number of aromatic nitrogens is 2. The number of allylic oxidation sites excluding steroid dienone is 1. The molecule has 2 nitrogen and oxygen atoms in total. The lowest BCUT2D eigenvalue weighted by molar-refractivity contribution is -0.483. The normalized spacial score (nSPS) is 15.7. The summed E-state index contributed by atoms with van der Waals surface area (Å²) < 4.78 is 19.7. The maximum atomic E-state index is 15.2. The predicted molar refractivity (Wildman–Crippen MR) is 119 cm³/mol. The topological polar surface area (TPSA) is 9.03 Å². The first-order valence-electron chi connectivity index (χ1n) is 10.6. The first-order chi connectivity index (χ1) is 13.8. The van der Waals surface area contributed by atoms with Gasteiger partial charge in [0.25, 0.3) is 5.65 Å². The number of imidazole rings is 1. The van der Waals surface area contributed by atoms with Crippen LogP contribution >= 0.6 is 0 Å². The van der Waals surface area contributed by atoms with E-state index < -0.39 is 0 Å². The highest BCUT2D eigenvalue weighted by Crippen LogP contribution is 2.41. The summed E-state index contributed by atoms with van der Waals surface area (Å²) in [6.07, 6.45) is 8.69. The Bertz CT molecular complexity index is 1310. The summed E-state index contributed by atoms with van der Waals surface area (Å²) in [5, 5.41) is 2.47. The molecule has 0 radical (unpaired) electrons. The fourth-order valence-electron chi connectivity index (χ4n) is 5.16. The third kappa shape index (κ3) is 2.30. The van der Waals surface area contributed by atoms with E-state index in [0.717, 1.165) is 24.0 Å². The van der Waals surface area contributed by atoms with Crippen LogP contribution in [0.3, 0.4) is 0 Å². The number of fused-ring (bicyclic) bond motifs is 3. The fourth-order valence-corrected chi connectivity index (χ4v) is 5.16. The summed E-state index contributed by atoms with van der Waals surface area (Å²) in [6.45, 7) is 11.1. The molecule has 2 aromatic heterocycles. The summed E-state index contributed by atoms with van der Waals surface area (Å²) in [5.74, 6) is -0.168. The summed E-state index contributed by atoms with van der Waals surface area (Å²) in [4.78, 5) is 0. The molecule has 0 spiro atoms. The minimum absolute atomic E-state index is 0.0535. The van der Waals surface area contributed by atoms with E-state index in [1.807, 2.05) is 6.07 Å². The molecule has 3 heterocycles. The number of hydrogen-bond donors (Lipinski definition) is 0. The highest BCUT2D eigenvalue weighted by Gasteiger charge is 2.40. The molecule has 0 fully saturated rings. The van der Waals surface area contributed by atoms with E-state index in [1.54, 1.807) is 6.07 Å². The van der Waals surface area contributed by atoms with Crippen molar-refractivity contribution in [3.8, 4) is 0 Å². The largest absolute Gasteiger partial charge is 0.296 e. The summed E-state index contributed by atoms with van der Waals surface area (Å²) in [5.41, 5.74) is 4.94. The van der Waals surface area contributed by atoms with Crippen LogP contribution in [0.1, 0.15) is 58.6 Å². The second-order valence-electron chi connectivity index (χ2n) is 9.34. The van der Waals surface area contributed by atoms with Crippen LogP contribution in [-0.2, 0) is 11.0 Å². The van der Waals surface area contributed by atoms with Crippen molar-refractivity contribution in [2.45, 2.75) is 58.4 Å². The molecule has 29 heavy (non-hydrogen) atoms. The summed E-state index contributed by atoms with van der Waals surface area (Å²) in [6, 6.07) is 12.0. The van der Waals surface area contributed by atoms with Crippen LogP contribution < -0.4 is 4.40 Å². The Morgan fingerprint density at radius 3 is 2.45 bits per heavy atom. The molecule has 5 rings (SSSR count). The molecule has 0 unspecified atom stereocenters. The van der Waals surface area contributed by atoms with Crippen molar-refractivity contribution in [3.63, 3.8) is 0 Å². The maximum absolute atomic E-state index is 15.2. The Hall–Kier alpha value is -2.68. The highest BCUT2D eigenvalue weighted by molar-refractivity contribution is 6.03. The van der Waals surface area contributed by atoms with Gasteiger partial charge in [-0.25, -0.2) is 8.96 Å². The highest BCUT2D eigenvalue weighted by atomic mass is 19.1. The summed E-state index contributed by atoms with van der Waals surface area (Å²) in [7, 11) is 0. The van der Waals surface area contributed by atoms with Crippen molar-refractivity contribution < 1.29 is 8.79 Å². The summed E-state index contributed by atoms with van der Waals surface area (Å²) >= 11 is 0. The van der Waals surface area contributed by atoms with E-state index >= 15 is 4.39 Å². The van der Waals surface area contributed by atoms with Gasteiger partial charge in [0.05, 0.1) is 5.39 Å². The number of halogens is 1. The van der Waals surface area contributed by atoms with E-state index in [9.17, 15) is 0 Å². The molecule has 0 saturated carbocycles. The first kappa shape index (κ1) is 18.4. The third-order valence-electron chi connectivity index (χ3n) is 6.81. The molecule has 1 aliphatic heterocycles. The Morgan fingerprint density at radius 1 is 1.03 bits per heavy atom. The van der Waals surface area contributed by atoms with Gasteiger partial charge in [-0.15, -0.1) is 0 Å². The van der Waals surface area contributed by atoms with Gasteiger partial charge in [-0.3, -0.25) is 0 Å². The Labute approximate surface area is 171 Å². The van der Waals surface area contributed by atoms with Gasteiger partial charge in [-0.2, -0.15) is 4.40 Å². The standard InChI is InChI=1S/C26H28FN2/c1-6-26(7-2)15-14-17-10-8-11-18-19(25(3,4)5)16-28-23-20(27)12-9-13-21(23)29(26)24(28)22(17)18/h8-16H,6-7H2,1-5H3/q+1. The average Bonchev–Trinajstić information content (AvgIpc) is 2.96. The van der Waals surface area contributed by atoms with Gasteiger partial charge >= 0.3 is 0 Å². The minimum atomic E-state index is -0.185. The molecular formula is C26H28FN2+. The molecule has 0 saturated heterocycles. The van der Waals surface area contributed by atoms with E-state index in [-0.39, 0.29) is 16.8 Å². The van der Waals surface area contributed by atoms with Crippen LogP contribution in [0.2, 0.25) is 0 Å². The molecular weight excluding hydrogens is 359 g/mol. The van der Waals surface area contributed by atoms with Crippen molar-refractivity contribution in [2.75, 3.05) is 0 Å². The first-order valence-corrected chi connectivity index (χ1v) is 10.6. The Kier molecular flexibility index (Phi) is 3.74. The van der Waals surface area contributed by atoms with Crippen LogP contribution in [0.25, 0.3) is 33.5 Å². The van der Waals surface area contributed by atoms with E-state index in [4.69, 9.17) is 0 Å². The van der Waals surface area contributed by atoms with E-state index in [0.29, 0.717) is 5.52 Å². The molecule has 4 aromatic rings. The van der Waals surface area contributed by atoms with Crippen molar-refractivity contribution in [1.82, 2.24) is 4.57 Å². The van der Waals surface area contributed by atoms with Crippen molar-refractivity contribution >= 4 is 33.5 Å². The number of hydrogen-bond acceptors (Lipinski definition) is 0. The molecule has 3 heteroatoms. The molecule has 0 bridgehead atoms. The molecule has 0 atom stereocenters. The zero-order valence-electron chi connectivity index (χ0n) is 17.9. The number of pyridine rings is 1. The van der Waals surface area contributed by atoms with Gasteiger partial charge in [0.15, 0.2) is 11.3 Å². The lowest BCUT2D eigenvalue weighted by Gasteiger charge is -2.25. The van der Waals surface area contributed by atoms with Crippen LogP contribution in [-0.4, -0.2) is 4.57 Å². The average molecular weight is 388 g/mol. The van der Waals surface area contributed by atoms with E-state index in [1.165, 1.54) is 21.9 Å². The number of rotatable bonds is 2. The second kappa shape index (κ2) is 5.91. The lowest BCUT2D eigenvalue weighted by atomic mass is 9.84. The quantitative estimate of drug-likeness (QED) is 0.347. The molecule has 148 valence electrons. The van der Waals surface area contributed by atoms with Gasteiger partial charge in [0, 0.05) is 5.56 Å². The van der Waals surface area contributed by atoms with Gasteiger partial charge in [0.2, 0.25) is 5.52 Å². The zero-order chi connectivity index (χ0) is 20.6. The Balaban J connectivity index is 2.18. The van der Waals surface area contributed by atoms with Crippen LogP contribution in [0.5, 0.6) is 0 Å². The number of para-hydroxylation sites is 1. The van der Waals surface area contributed by atoms with Gasteiger partial charge < -0.3 is 0 Å². The molecule has 0 amide bonds. The van der Waals surface area contributed by atoms with Crippen molar-refractivity contribution in [2.24, 2.45) is 0 Å². The predicted octanol–water partition coefficient (Wildman–Crippen LogP) is 6.51. The third-order valence-corrected chi connectivity index (χ3v) is 6.81. The monoisotopic (exact) mass is 387 g/mol. The molecule has 1 aliphatic rings. The molecule has 0 N–H and O–H groups in total. The maximum Gasteiger partial charge on any atom is 0.296 e. The van der Waals surface area contributed by atoms with Gasteiger partial charge in [-0.05, 0) is 47.4 Å². The molecule has 2 aromatic carbocycles. The van der Waals surface area contributed by atoms with Gasteiger partial charge in [-0.1, -0.05) is 65.0 Å². The smallest absolute Gasteiger partial charge is 0.213 e. The zero-order valence-corrected chi connectivity index (χ0v) is 17.9. The number of nitrogens with zero attached hydrogens (tertiary/aromatic N) is 2. The Morgan fingerprint density at radius 2 is 1.76 bits per heavy atom. The molecule has 0 aliphatic carbocycles. The van der Waals surface area contributed by atoms with Crippen molar-refractivity contribution in [1.29, 1.82) is 0 Å². The van der Waals surface area contributed by atoms with Crippen LogP contribution in [0.4, 0.5) is 4.39 Å². The van der Waals surface area contributed by atoms with Crippen LogP contribution in [0.15, 0.2) is 48.7 Å². The number of benzene rings is 2. The van der Waals surface area contributed by atoms with Crippen LogP contribution in [0, 0.1) is 5.82 Å². The van der Waals surface area contributed by atoms with E-state index in [2.05, 4.69) is 86.2 Å². The SMILES string of the molecule is CCC1(CC)C=Cc2cccc3c(C(C)(C)C)c[n+]4c5c(F)cccc5n1c4c23.